The number of carboxylic acids is 3. The van der Waals surface area contributed by atoms with Crippen LogP contribution in [-0.4, -0.2) is 80.5 Å². The summed E-state index contributed by atoms with van der Waals surface area (Å²) >= 11 is 0. The first kappa shape index (κ1) is 30.7. The number of hydrogen-bond acceptors (Lipinski definition) is 9. The first-order valence-corrected chi connectivity index (χ1v) is 12.8. The average molecular weight is 562 g/mol. The highest BCUT2D eigenvalue weighted by molar-refractivity contribution is 5.88. The van der Waals surface area contributed by atoms with E-state index in [2.05, 4.69) is 23.1 Å². The third-order valence-electron chi connectivity index (χ3n) is 6.54. The minimum absolute atomic E-state index is 0.280. The van der Waals surface area contributed by atoms with Gasteiger partial charge in [-0.25, -0.2) is 4.79 Å². The molecule has 2 aliphatic rings. The van der Waals surface area contributed by atoms with Crippen molar-refractivity contribution in [3.8, 4) is 17.2 Å². The molecule has 1 aliphatic heterocycles. The molecule has 1 atom stereocenters. The molecule has 12 heteroatoms. The number of aliphatic carboxylic acids is 3. The van der Waals surface area contributed by atoms with Crippen molar-refractivity contribution in [3.05, 3.63) is 52.6 Å². The van der Waals surface area contributed by atoms with E-state index in [-0.39, 0.29) is 6.79 Å². The van der Waals surface area contributed by atoms with Crippen LogP contribution in [0.4, 0.5) is 0 Å². The standard InChI is InChI=1S/C22H27NO4.C6H8O7/c1-15(24)11-23(12-16-6-7-20-22(8-16)27-14-26-20)13-19-9-17-4-3-5-18(17)10-21(19)25-2;7-3(8)1-6(13,5(11)12)2-4(9)10/h6-10,15,24H,3-5,11-14H2,1-2H3;13H,1-2H2,(H,7,8)(H,9,10)(H,11,12). The maximum atomic E-state index is 10.3. The zero-order chi connectivity index (χ0) is 29.4. The van der Waals surface area contributed by atoms with Gasteiger partial charge in [-0.2, -0.15) is 0 Å². The lowest BCUT2D eigenvalue weighted by Gasteiger charge is -2.25. The van der Waals surface area contributed by atoms with Gasteiger partial charge >= 0.3 is 17.9 Å². The minimum Gasteiger partial charge on any atom is -0.496 e. The monoisotopic (exact) mass is 561 g/mol. The van der Waals surface area contributed by atoms with Crippen molar-refractivity contribution < 1.29 is 54.1 Å². The fourth-order valence-electron chi connectivity index (χ4n) is 4.78. The van der Waals surface area contributed by atoms with Crippen molar-refractivity contribution >= 4 is 17.9 Å². The molecule has 0 saturated heterocycles. The topological polar surface area (TPSA) is 183 Å². The van der Waals surface area contributed by atoms with Gasteiger partial charge in [0.05, 0.1) is 26.1 Å². The third-order valence-corrected chi connectivity index (χ3v) is 6.54. The first-order chi connectivity index (χ1) is 18.9. The molecule has 0 amide bonds. The Bertz CT molecular complexity index is 1210. The Hall–Kier alpha value is -3.87. The molecule has 1 unspecified atom stereocenters. The van der Waals surface area contributed by atoms with Crippen molar-refractivity contribution in [2.75, 3.05) is 20.4 Å². The maximum absolute atomic E-state index is 10.3. The van der Waals surface area contributed by atoms with Gasteiger partial charge in [0.1, 0.15) is 5.75 Å². The highest BCUT2D eigenvalue weighted by Gasteiger charge is 2.40. The summed E-state index contributed by atoms with van der Waals surface area (Å²) in [5.74, 6) is -2.49. The van der Waals surface area contributed by atoms with Crippen LogP contribution in [0.2, 0.25) is 0 Å². The Morgan fingerprint density at radius 3 is 2.17 bits per heavy atom. The molecule has 1 heterocycles. The Kier molecular flexibility index (Phi) is 10.3. The lowest BCUT2D eigenvalue weighted by Crippen LogP contribution is -2.42. The van der Waals surface area contributed by atoms with Crippen LogP contribution >= 0.6 is 0 Å². The molecular formula is C28H35NO11. The van der Waals surface area contributed by atoms with Gasteiger partial charge in [-0.15, -0.1) is 0 Å². The van der Waals surface area contributed by atoms with E-state index < -0.39 is 42.5 Å². The molecule has 0 radical (unpaired) electrons. The first-order valence-electron chi connectivity index (χ1n) is 12.8. The fraction of sp³-hybridized carbons (Fsp3) is 0.464. The highest BCUT2D eigenvalue weighted by atomic mass is 16.7. The lowest BCUT2D eigenvalue weighted by molar-refractivity contribution is -0.170. The molecule has 0 spiro atoms. The van der Waals surface area contributed by atoms with Crippen LogP contribution in [0, 0.1) is 0 Å². The predicted octanol–water partition coefficient (Wildman–Crippen LogP) is 2.05. The van der Waals surface area contributed by atoms with Crippen LogP contribution in [-0.2, 0) is 40.3 Å². The van der Waals surface area contributed by atoms with Crippen LogP contribution < -0.4 is 14.2 Å². The molecule has 1 aliphatic carbocycles. The SMILES string of the molecule is COc1cc2c(cc1CN(Cc1ccc3c(c1)OCO3)CC(C)O)CCC2.O=C(O)CC(O)(CC(=O)O)C(=O)O. The Morgan fingerprint density at radius 1 is 0.975 bits per heavy atom. The molecule has 12 nitrogen and oxygen atoms in total. The number of rotatable bonds is 12. The van der Waals surface area contributed by atoms with Crippen molar-refractivity contribution in [1.29, 1.82) is 0 Å². The average Bonchev–Trinajstić information content (AvgIpc) is 3.51. The molecule has 40 heavy (non-hydrogen) atoms. The van der Waals surface area contributed by atoms with Gasteiger partial charge in [0.2, 0.25) is 6.79 Å². The van der Waals surface area contributed by atoms with Gasteiger partial charge in [0, 0.05) is 25.2 Å². The van der Waals surface area contributed by atoms with Gasteiger partial charge in [-0.05, 0) is 61.1 Å². The van der Waals surface area contributed by atoms with Crippen LogP contribution in [0.5, 0.6) is 17.2 Å². The summed E-state index contributed by atoms with van der Waals surface area (Å²) < 4.78 is 16.6. The van der Waals surface area contributed by atoms with Crippen LogP contribution in [0.1, 0.15) is 48.4 Å². The largest absolute Gasteiger partial charge is 0.496 e. The third kappa shape index (κ3) is 8.31. The molecular weight excluding hydrogens is 526 g/mol. The van der Waals surface area contributed by atoms with Crippen LogP contribution in [0.25, 0.3) is 0 Å². The van der Waals surface area contributed by atoms with Crippen molar-refractivity contribution in [1.82, 2.24) is 4.90 Å². The fourth-order valence-corrected chi connectivity index (χ4v) is 4.78. The van der Waals surface area contributed by atoms with E-state index in [1.165, 1.54) is 23.1 Å². The molecule has 5 N–H and O–H groups in total. The summed E-state index contributed by atoms with van der Waals surface area (Å²) in [4.78, 5) is 32.7. The normalized spacial score (nSPS) is 14.2. The molecule has 0 aromatic heterocycles. The number of nitrogens with zero attached hydrogens (tertiary/aromatic N) is 1. The summed E-state index contributed by atoms with van der Waals surface area (Å²) in [7, 11) is 1.73. The van der Waals surface area contributed by atoms with Crippen molar-refractivity contribution in [2.45, 2.75) is 63.8 Å². The maximum Gasteiger partial charge on any atom is 0.336 e. The Balaban J connectivity index is 0.000000289. The van der Waals surface area contributed by atoms with Crippen LogP contribution in [0.3, 0.4) is 0 Å². The molecule has 0 saturated carbocycles. The van der Waals surface area contributed by atoms with Gasteiger partial charge < -0.3 is 39.7 Å². The molecule has 218 valence electrons. The molecule has 2 aromatic rings. The smallest absolute Gasteiger partial charge is 0.336 e. The predicted molar refractivity (Wildman–Crippen MR) is 140 cm³/mol. The summed E-state index contributed by atoms with van der Waals surface area (Å²) in [5.41, 5.74) is 2.43. The van der Waals surface area contributed by atoms with E-state index in [0.717, 1.165) is 48.7 Å². The molecule has 4 rings (SSSR count). The second-order valence-electron chi connectivity index (χ2n) is 9.97. The van der Waals surface area contributed by atoms with Gasteiger partial charge in [0.25, 0.3) is 0 Å². The number of aliphatic hydroxyl groups is 2. The van der Waals surface area contributed by atoms with E-state index in [0.29, 0.717) is 6.54 Å². The van der Waals surface area contributed by atoms with Crippen molar-refractivity contribution in [2.24, 2.45) is 0 Å². The van der Waals surface area contributed by atoms with Gasteiger partial charge in [-0.3, -0.25) is 14.5 Å². The second-order valence-corrected chi connectivity index (χ2v) is 9.97. The minimum atomic E-state index is -2.74. The lowest BCUT2D eigenvalue weighted by atomic mass is 9.96. The van der Waals surface area contributed by atoms with E-state index in [9.17, 15) is 19.5 Å². The number of hydrogen-bond donors (Lipinski definition) is 5. The number of carbonyl (C=O) groups is 3. The van der Waals surface area contributed by atoms with Crippen LogP contribution in [0.15, 0.2) is 30.3 Å². The van der Waals surface area contributed by atoms with Gasteiger partial charge in [0.15, 0.2) is 17.1 Å². The zero-order valence-electron chi connectivity index (χ0n) is 22.5. The summed E-state index contributed by atoms with van der Waals surface area (Å²) in [5, 5.41) is 43.8. The van der Waals surface area contributed by atoms with E-state index in [1.807, 2.05) is 19.1 Å². The highest BCUT2D eigenvalue weighted by Crippen LogP contribution is 2.34. The summed E-state index contributed by atoms with van der Waals surface area (Å²) in [6, 6.07) is 10.5. The quantitative estimate of drug-likeness (QED) is 0.255. The van der Waals surface area contributed by atoms with E-state index in [4.69, 9.17) is 34.6 Å². The second kappa shape index (κ2) is 13.5. The number of aliphatic hydroxyl groups excluding tert-OH is 1. The molecule has 0 bridgehead atoms. The van der Waals surface area contributed by atoms with Gasteiger partial charge in [-0.1, -0.05) is 12.1 Å². The van der Waals surface area contributed by atoms with E-state index >= 15 is 0 Å². The summed E-state index contributed by atoms with van der Waals surface area (Å²) in [6.07, 6.45) is 0.810. The Labute approximate surface area is 231 Å². The number of fused-ring (bicyclic) bond motifs is 2. The molecule has 2 aromatic carbocycles. The number of methoxy groups -OCH3 is 1. The number of benzene rings is 2. The summed E-state index contributed by atoms with van der Waals surface area (Å²) in [6.45, 7) is 4.15. The number of ether oxygens (including phenoxy) is 3. The zero-order valence-corrected chi connectivity index (χ0v) is 22.5. The van der Waals surface area contributed by atoms with E-state index in [1.54, 1.807) is 7.11 Å². The Morgan fingerprint density at radius 2 is 1.60 bits per heavy atom. The van der Waals surface area contributed by atoms with Crippen molar-refractivity contribution in [3.63, 3.8) is 0 Å². The molecule has 0 fully saturated rings. The number of carboxylic acid groups (broad SMARTS) is 3. The number of aryl methyl sites for hydroxylation is 2.